The molecule has 1 aromatic carbocycles. The summed E-state index contributed by atoms with van der Waals surface area (Å²) >= 11 is 0. The third-order valence-corrected chi connectivity index (χ3v) is 7.57. The van der Waals surface area contributed by atoms with Gasteiger partial charge in [-0.25, -0.2) is 19.3 Å². The zero-order valence-electron chi connectivity index (χ0n) is 22.8. The van der Waals surface area contributed by atoms with Crippen molar-refractivity contribution in [2.45, 2.75) is 39.2 Å². The number of ether oxygens (including phenoxy) is 4. The first-order valence-electron chi connectivity index (χ1n) is 12.7. The molecule has 4 aromatic rings. The molecular weight excluding hydrogens is 518 g/mol. The van der Waals surface area contributed by atoms with Crippen LogP contribution in [0.2, 0.25) is 25.7 Å². The van der Waals surface area contributed by atoms with E-state index in [-0.39, 0.29) is 25.3 Å². The van der Waals surface area contributed by atoms with Crippen LogP contribution in [0.5, 0.6) is 5.88 Å². The van der Waals surface area contributed by atoms with Crippen molar-refractivity contribution in [3.63, 3.8) is 0 Å². The second-order valence-electron chi connectivity index (χ2n) is 10.1. The summed E-state index contributed by atoms with van der Waals surface area (Å²) < 4.78 is 25.0. The average molecular weight is 552 g/mol. The molecule has 0 spiro atoms. The molecule has 0 saturated heterocycles. The van der Waals surface area contributed by atoms with Gasteiger partial charge in [0.05, 0.1) is 36.6 Å². The molecule has 0 atom stereocenters. The molecule has 0 N–H and O–H groups in total. The van der Waals surface area contributed by atoms with E-state index in [1.807, 2.05) is 29.0 Å². The van der Waals surface area contributed by atoms with Crippen LogP contribution in [0.25, 0.3) is 17.0 Å². The molecule has 12 heteroatoms. The Balaban J connectivity index is 1.63. The summed E-state index contributed by atoms with van der Waals surface area (Å²) in [6, 6.07) is 10.1. The first-order chi connectivity index (χ1) is 18.7. The maximum atomic E-state index is 12.1. The minimum Gasteiger partial charge on any atom is -0.465 e. The van der Waals surface area contributed by atoms with Crippen molar-refractivity contribution in [1.29, 1.82) is 0 Å². The molecule has 0 aliphatic rings. The van der Waals surface area contributed by atoms with Crippen molar-refractivity contribution < 1.29 is 28.5 Å². The molecule has 3 aromatic heterocycles. The number of methoxy groups -OCH3 is 1. The topological polar surface area (TPSA) is 120 Å². The monoisotopic (exact) mass is 551 g/mol. The van der Waals surface area contributed by atoms with Crippen molar-refractivity contribution in [3.05, 3.63) is 65.6 Å². The molecule has 39 heavy (non-hydrogen) atoms. The summed E-state index contributed by atoms with van der Waals surface area (Å²) in [5.41, 5.74) is 3.06. The molecule has 0 amide bonds. The van der Waals surface area contributed by atoms with Gasteiger partial charge in [-0.05, 0) is 36.7 Å². The molecule has 11 nitrogen and oxygen atoms in total. The number of fused-ring (bicyclic) bond motifs is 1. The lowest BCUT2D eigenvalue weighted by Crippen LogP contribution is -2.22. The van der Waals surface area contributed by atoms with Crippen molar-refractivity contribution in [3.8, 4) is 11.8 Å². The molecular formula is C27H33N5O6Si. The summed E-state index contributed by atoms with van der Waals surface area (Å²) in [5, 5.41) is 4.24. The Morgan fingerprint density at radius 1 is 1.00 bits per heavy atom. The van der Waals surface area contributed by atoms with Crippen LogP contribution in [0.4, 0.5) is 0 Å². The molecule has 0 bridgehead atoms. The Hall–Kier alpha value is -4.03. The van der Waals surface area contributed by atoms with E-state index < -0.39 is 14.0 Å². The third-order valence-electron chi connectivity index (χ3n) is 5.87. The fraction of sp³-hybridized carbons (Fsp3) is 0.370. The molecule has 206 valence electrons. The lowest BCUT2D eigenvalue weighted by molar-refractivity contribution is 0.0200. The van der Waals surface area contributed by atoms with Gasteiger partial charge in [-0.3, -0.25) is 0 Å². The molecule has 3 heterocycles. The van der Waals surface area contributed by atoms with Gasteiger partial charge in [0.15, 0.2) is 6.79 Å². The predicted molar refractivity (Wildman–Crippen MR) is 147 cm³/mol. The number of nitrogens with zero attached hydrogens (tertiary/aromatic N) is 5. The third kappa shape index (κ3) is 7.09. The smallest absolute Gasteiger partial charge is 0.341 e. The Bertz CT molecular complexity index is 1440. The number of hydrogen-bond donors (Lipinski definition) is 0. The molecule has 4 rings (SSSR count). The van der Waals surface area contributed by atoms with Crippen LogP contribution in [0.3, 0.4) is 0 Å². The van der Waals surface area contributed by atoms with Gasteiger partial charge in [-0.2, -0.15) is 10.1 Å². The van der Waals surface area contributed by atoms with Gasteiger partial charge in [-0.1, -0.05) is 31.8 Å². The fourth-order valence-electron chi connectivity index (χ4n) is 3.74. The van der Waals surface area contributed by atoms with Gasteiger partial charge in [0.2, 0.25) is 5.88 Å². The lowest BCUT2D eigenvalue weighted by atomic mass is 10.1. The highest BCUT2D eigenvalue weighted by atomic mass is 28.3. The summed E-state index contributed by atoms with van der Waals surface area (Å²) in [5.74, 6) is -0.285. The maximum Gasteiger partial charge on any atom is 0.341 e. The zero-order chi connectivity index (χ0) is 28.0. The van der Waals surface area contributed by atoms with E-state index in [4.69, 9.17) is 18.9 Å². The second kappa shape index (κ2) is 12.2. The van der Waals surface area contributed by atoms with Gasteiger partial charge in [0.1, 0.15) is 5.52 Å². The van der Waals surface area contributed by atoms with Gasteiger partial charge in [0.25, 0.3) is 5.95 Å². The highest BCUT2D eigenvalue weighted by molar-refractivity contribution is 6.76. The number of carbonyl (C=O) groups is 2. The van der Waals surface area contributed by atoms with Crippen LogP contribution in [0, 0.1) is 0 Å². The van der Waals surface area contributed by atoms with Crippen molar-refractivity contribution in [1.82, 2.24) is 24.3 Å². The van der Waals surface area contributed by atoms with Crippen LogP contribution in [-0.4, -0.2) is 71.4 Å². The Morgan fingerprint density at radius 3 is 2.46 bits per heavy atom. The van der Waals surface area contributed by atoms with E-state index >= 15 is 0 Å². The lowest BCUT2D eigenvalue weighted by Gasteiger charge is -2.16. The van der Waals surface area contributed by atoms with E-state index in [2.05, 4.69) is 34.7 Å². The number of benzene rings is 1. The van der Waals surface area contributed by atoms with E-state index in [1.54, 1.807) is 19.1 Å². The minimum atomic E-state index is -1.24. The normalized spacial score (nSPS) is 11.5. The van der Waals surface area contributed by atoms with Crippen molar-refractivity contribution in [2.24, 2.45) is 0 Å². The van der Waals surface area contributed by atoms with Gasteiger partial charge in [-0.15, -0.1) is 0 Å². The van der Waals surface area contributed by atoms with Crippen molar-refractivity contribution in [2.75, 3.05) is 27.1 Å². The van der Waals surface area contributed by atoms with Crippen LogP contribution in [0.15, 0.2) is 48.9 Å². The van der Waals surface area contributed by atoms with E-state index in [9.17, 15) is 9.59 Å². The number of hydrogen-bond acceptors (Lipinski definition) is 9. The predicted octanol–water partition coefficient (Wildman–Crippen LogP) is 4.32. The number of rotatable bonds is 12. The average Bonchev–Trinajstić information content (AvgIpc) is 3.56. The number of carbonyl (C=O) groups excluding carboxylic acids is 2. The largest absolute Gasteiger partial charge is 0.465 e. The molecule has 0 aliphatic heterocycles. The zero-order valence-corrected chi connectivity index (χ0v) is 23.8. The molecule has 0 unspecified atom stereocenters. The summed E-state index contributed by atoms with van der Waals surface area (Å²) in [4.78, 5) is 33.2. The fourth-order valence-corrected chi connectivity index (χ4v) is 4.50. The molecule has 0 aliphatic carbocycles. The van der Waals surface area contributed by atoms with Crippen LogP contribution < -0.4 is 4.74 Å². The minimum absolute atomic E-state index is 0.0300. The highest BCUT2D eigenvalue weighted by Crippen LogP contribution is 2.26. The van der Waals surface area contributed by atoms with E-state index in [1.165, 1.54) is 24.2 Å². The van der Waals surface area contributed by atoms with Gasteiger partial charge < -0.3 is 23.5 Å². The van der Waals surface area contributed by atoms with E-state index in [0.29, 0.717) is 41.2 Å². The maximum absolute atomic E-state index is 12.1. The van der Waals surface area contributed by atoms with Crippen molar-refractivity contribution >= 4 is 31.0 Å². The second-order valence-corrected chi connectivity index (χ2v) is 15.7. The molecule has 0 saturated carbocycles. The van der Waals surface area contributed by atoms with Crippen LogP contribution in [0.1, 0.15) is 33.2 Å². The van der Waals surface area contributed by atoms with Gasteiger partial charge >= 0.3 is 11.9 Å². The Labute approximate surface area is 227 Å². The highest BCUT2D eigenvalue weighted by Gasteiger charge is 2.18. The first-order valence-corrected chi connectivity index (χ1v) is 16.4. The summed E-state index contributed by atoms with van der Waals surface area (Å²) in [6.07, 6.45) is 4.82. The first kappa shape index (κ1) is 28.0. The quantitative estimate of drug-likeness (QED) is 0.110. The molecule has 0 radical (unpaired) electrons. The summed E-state index contributed by atoms with van der Waals surface area (Å²) in [7, 11) is 0.115. The van der Waals surface area contributed by atoms with Crippen LogP contribution in [-0.2, 0) is 20.8 Å². The SMILES string of the molecule is CCOC(=O)c1cnn(-c2nc(OCOCC[Si](C)(C)C)c3c(ccn3Cc3ccc(C(=O)OC)cc3)n2)c1. The molecule has 0 fully saturated rings. The Kier molecular flexibility index (Phi) is 8.77. The summed E-state index contributed by atoms with van der Waals surface area (Å²) in [6.45, 7) is 10.0. The van der Waals surface area contributed by atoms with E-state index in [0.717, 1.165) is 11.6 Å². The van der Waals surface area contributed by atoms with Crippen LogP contribution >= 0.6 is 0 Å². The number of aromatic nitrogens is 5. The standard InChI is InChI=1S/C27H33N5O6Si/c1-6-37-26(34)21-15-28-32(17-21)27-29-22-11-12-31(16-19-7-9-20(10-8-19)25(33)35-2)23(22)24(30-27)38-18-36-13-14-39(3,4)5/h7-12,15,17H,6,13-14,16,18H2,1-5H3. The Morgan fingerprint density at radius 2 is 1.77 bits per heavy atom. The number of esters is 2. The van der Waals surface area contributed by atoms with Gasteiger partial charge in [0, 0.05) is 33.6 Å².